The molecule has 3 rings (SSSR count). The van der Waals surface area contributed by atoms with Crippen LogP contribution in [0.1, 0.15) is 44.1 Å². The van der Waals surface area contributed by atoms with Gasteiger partial charge >= 0.3 is 0 Å². The summed E-state index contributed by atoms with van der Waals surface area (Å²) in [6.45, 7) is 4.62. The molecule has 0 aromatic heterocycles. The SMILES string of the molecule is Cc1cc(N2CC3(CCCCCC3)C2)ccc1N. The third kappa shape index (κ3) is 2.09. The van der Waals surface area contributed by atoms with Crippen LogP contribution in [-0.2, 0) is 0 Å². The zero-order chi connectivity index (χ0) is 12.6. The fourth-order valence-corrected chi connectivity index (χ4v) is 3.60. The van der Waals surface area contributed by atoms with Gasteiger partial charge in [-0.1, -0.05) is 25.7 Å². The Morgan fingerprint density at radius 2 is 1.72 bits per heavy atom. The largest absolute Gasteiger partial charge is 0.399 e. The zero-order valence-corrected chi connectivity index (χ0v) is 11.4. The molecule has 2 aliphatic rings. The van der Waals surface area contributed by atoms with E-state index in [-0.39, 0.29) is 0 Å². The maximum absolute atomic E-state index is 5.89. The Labute approximate surface area is 110 Å². The van der Waals surface area contributed by atoms with E-state index in [4.69, 9.17) is 5.73 Å². The number of rotatable bonds is 1. The van der Waals surface area contributed by atoms with Crippen molar-refractivity contribution in [3.05, 3.63) is 23.8 Å². The summed E-state index contributed by atoms with van der Waals surface area (Å²) in [5, 5.41) is 0. The van der Waals surface area contributed by atoms with Crippen molar-refractivity contribution >= 4 is 11.4 Å². The number of nitrogens with two attached hydrogens (primary N) is 1. The van der Waals surface area contributed by atoms with Crippen LogP contribution >= 0.6 is 0 Å². The molecule has 1 aromatic rings. The molecule has 2 nitrogen and oxygen atoms in total. The Morgan fingerprint density at radius 1 is 1.06 bits per heavy atom. The average Bonchev–Trinajstić information content (AvgIpc) is 2.56. The van der Waals surface area contributed by atoms with E-state index in [1.807, 2.05) is 6.07 Å². The zero-order valence-electron chi connectivity index (χ0n) is 11.4. The van der Waals surface area contributed by atoms with Gasteiger partial charge in [-0.15, -0.1) is 0 Å². The average molecular weight is 244 g/mol. The quantitative estimate of drug-likeness (QED) is 0.763. The minimum absolute atomic E-state index is 0.645. The number of hydrogen-bond donors (Lipinski definition) is 1. The van der Waals surface area contributed by atoms with Crippen molar-refractivity contribution in [2.45, 2.75) is 45.4 Å². The summed E-state index contributed by atoms with van der Waals surface area (Å²) in [6.07, 6.45) is 8.66. The maximum atomic E-state index is 5.89. The Bertz CT molecular complexity index is 423. The van der Waals surface area contributed by atoms with E-state index in [9.17, 15) is 0 Å². The van der Waals surface area contributed by atoms with Crippen LogP contribution in [0.3, 0.4) is 0 Å². The second-order valence-corrected chi connectivity index (χ2v) is 6.31. The van der Waals surface area contributed by atoms with Crippen molar-refractivity contribution in [2.24, 2.45) is 5.41 Å². The molecule has 98 valence electrons. The van der Waals surface area contributed by atoms with Crippen LogP contribution in [0.5, 0.6) is 0 Å². The summed E-state index contributed by atoms with van der Waals surface area (Å²) >= 11 is 0. The third-order valence-corrected chi connectivity index (χ3v) is 4.84. The van der Waals surface area contributed by atoms with Crippen LogP contribution in [-0.4, -0.2) is 13.1 Å². The van der Waals surface area contributed by atoms with Crippen molar-refractivity contribution in [3.63, 3.8) is 0 Å². The van der Waals surface area contributed by atoms with E-state index in [0.717, 1.165) is 5.69 Å². The highest BCUT2D eigenvalue weighted by atomic mass is 15.2. The molecular formula is C16H24N2. The highest BCUT2D eigenvalue weighted by Gasteiger charge is 2.42. The maximum Gasteiger partial charge on any atom is 0.0370 e. The van der Waals surface area contributed by atoms with Crippen molar-refractivity contribution in [3.8, 4) is 0 Å². The van der Waals surface area contributed by atoms with Gasteiger partial charge in [0.15, 0.2) is 0 Å². The Balaban J connectivity index is 1.68. The lowest BCUT2D eigenvalue weighted by molar-refractivity contribution is 0.180. The standard InChI is InChI=1S/C16H24N2/c1-13-10-14(6-7-15(13)17)18-11-16(12-18)8-4-2-3-5-9-16/h6-7,10H,2-5,8-9,11-12,17H2,1H3. The van der Waals surface area contributed by atoms with E-state index in [1.165, 1.54) is 62.9 Å². The molecule has 18 heavy (non-hydrogen) atoms. The second kappa shape index (κ2) is 4.49. The second-order valence-electron chi connectivity index (χ2n) is 6.31. The Morgan fingerprint density at radius 3 is 2.33 bits per heavy atom. The molecule has 0 unspecified atom stereocenters. The summed E-state index contributed by atoms with van der Waals surface area (Å²) < 4.78 is 0. The van der Waals surface area contributed by atoms with E-state index < -0.39 is 0 Å². The van der Waals surface area contributed by atoms with Crippen LogP contribution < -0.4 is 10.6 Å². The van der Waals surface area contributed by atoms with Gasteiger partial charge in [-0.2, -0.15) is 0 Å². The molecule has 1 heterocycles. The molecule has 1 saturated carbocycles. The number of nitrogens with zero attached hydrogens (tertiary/aromatic N) is 1. The van der Waals surface area contributed by atoms with Gasteiger partial charge in [0.1, 0.15) is 0 Å². The first kappa shape index (κ1) is 11.9. The lowest BCUT2D eigenvalue weighted by atomic mass is 9.73. The third-order valence-electron chi connectivity index (χ3n) is 4.84. The predicted molar refractivity (Wildman–Crippen MR) is 77.9 cm³/mol. The van der Waals surface area contributed by atoms with E-state index in [2.05, 4.69) is 24.0 Å². The first-order valence-corrected chi connectivity index (χ1v) is 7.30. The molecule has 0 bridgehead atoms. The van der Waals surface area contributed by atoms with E-state index in [0.29, 0.717) is 5.41 Å². The Kier molecular flexibility index (Phi) is 2.96. The smallest absolute Gasteiger partial charge is 0.0370 e. The van der Waals surface area contributed by atoms with Gasteiger partial charge < -0.3 is 10.6 Å². The molecule has 0 atom stereocenters. The molecule has 1 spiro atoms. The van der Waals surface area contributed by atoms with Crippen LogP contribution in [0.4, 0.5) is 11.4 Å². The minimum Gasteiger partial charge on any atom is -0.399 e. The first-order valence-electron chi connectivity index (χ1n) is 7.30. The molecule has 0 radical (unpaired) electrons. The normalized spacial score (nSPS) is 22.6. The molecule has 1 aliphatic heterocycles. The summed E-state index contributed by atoms with van der Waals surface area (Å²) in [4.78, 5) is 2.53. The predicted octanol–water partition coefficient (Wildman–Crippen LogP) is 3.74. The van der Waals surface area contributed by atoms with Gasteiger partial charge in [0.2, 0.25) is 0 Å². The number of nitrogen functional groups attached to an aromatic ring is 1. The number of aryl methyl sites for hydroxylation is 1. The highest BCUT2D eigenvalue weighted by Crippen LogP contribution is 2.44. The summed E-state index contributed by atoms with van der Waals surface area (Å²) in [5.74, 6) is 0. The molecule has 1 aromatic carbocycles. The number of benzene rings is 1. The van der Waals surface area contributed by atoms with Crippen LogP contribution in [0.25, 0.3) is 0 Å². The highest BCUT2D eigenvalue weighted by molar-refractivity contribution is 5.59. The van der Waals surface area contributed by atoms with Crippen molar-refractivity contribution in [2.75, 3.05) is 23.7 Å². The Hall–Kier alpha value is -1.18. The van der Waals surface area contributed by atoms with Crippen LogP contribution in [0.2, 0.25) is 0 Å². The van der Waals surface area contributed by atoms with Gasteiger partial charge in [0.25, 0.3) is 0 Å². The lowest BCUT2D eigenvalue weighted by Crippen LogP contribution is -2.56. The monoisotopic (exact) mass is 244 g/mol. The van der Waals surface area contributed by atoms with Gasteiger partial charge in [0, 0.05) is 29.9 Å². The number of hydrogen-bond acceptors (Lipinski definition) is 2. The molecule has 2 N–H and O–H groups in total. The van der Waals surface area contributed by atoms with E-state index in [1.54, 1.807) is 0 Å². The van der Waals surface area contributed by atoms with Crippen LogP contribution in [0.15, 0.2) is 18.2 Å². The summed E-state index contributed by atoms with van der Waals surface area (Å²) in [7, 11) is 0. The molecule has 2 fully saturated rings. The van der Waals surface area contributed by atoms with Crippen molar-refractivity contribution in [1.29, 1.82) is 0 Å². The van der Waals surface area contributed by atoms with E-state index >= 15 is 0 Å². The fraction of sp³-hybridized carbons (Fsp3) is 0.625. The molecule has 2 heteroatoms. The summed E-state index contributed by atoms with van der Waals surface area (Å²) in [6, 6.07) is 6.45. The van der Waals surface area contributed by atoms with Gasteiger partial charge in [-0.3, -0.25) is 0 Å². The lowest BCUT2D eigenvalue weighted by Gasteiger charge is -2.51. The topological polar surface area (TPSA) is 29.3 Å². The van der Waals surface area contributed by atoms with Crippen LogP contribution in [0, 0.1) is 12.3 Å². The molecule has 1 aliphatic carbocycles. The number of anilines is 2. The van der Waals surface area contributed by atoms with Crippen molar-refractivity contribution < 1.29 is 0 Å². The van der Waals surface area contributed by atoms with Gasteiger partial charge in [0.05, 0.1) is 0 Å². The van der Waals surface area contributed by atoms with Gasteiger partial charge in [-0.25, -0.2) is 0 Å². The molecular weight excluding hydrogens is 220 g/mol. The summed E-state index contributed by atoms with van der Waals surface area (Å²) in [5.41, 5.74) is 10.00. The van der Waals surface area contributed by atoms with Gasteiger partial charge in [-0.05, 0) is 43.5 Å². The first-order chi connectivity index (χ1) is 8.69. The molecule has 0 amide bonds. The molecule has 1 saturated heterocycles. The fourth-order valence-electron chi connectivity index (χ4n) is 3.60. The van der Waals surface area contributed by atoms with Crippen molar-refractivity contribution in [1.82, 2.24) is 0 Å². The minimum atomic E-state index is 0.645.